The van der Waals surface area contributed by atoms with Gasteiger partial charge in [-0.25, -0.2) is 9.78 Å². The van der Waals surface area contributed by atoms with Gasteiger partial charge in [0.15, 0.2) is 0 Å². The number of nitrogens with zero attached hydrogens (tertiary/aromatic N) is 1. The van der Waals surface area contributed by atoms with Gasteiger partial charge in [0.2, 0.25) is 0 Å². The quantitative estimate of drug-likeness (QED) is 0.472. The topological polar surface area (TPSA) is 39.2 Å². The zero-order chi connectivity index (χ0) is 19.3. The number of pyridine rings is 1. The molecule has 0 aromatic carbocycles. The lowest BCUT2D eigenvalue weighted by molar-refractivity contribution is 0.0371. The minimum Gasteiger partial charge on any atom is -0.458 e. The standard InChI is InChI=1S/C23H31NO2/c1-16(2)26-22(25)21-12-10-19(15-24-21)14-17(3)9-11-20-18(4)8-7-13-23(20,5)6/h9-12,14-16H,7-8,13H2,1-6H3. The maximum absolute atomic E-state index is 11.8. The Kier molecular flexibility index (Phi) is 6.57. The van der Waals surface area contributed by atoms with Gasteiger partial charge in [0.1, 0.15) is 5.69 Å². The maximum atomic E-state index is 11.8. The molecule has 1 aromatic heterocycles. The van der Waals surface area contributed by atoms with E-state index < -0.39 is 0 Å². The molecule has 140 valence electrons. The molecule has 0 bridgehead atoms. The zero-order valence-corrected chi connectivity index (χ0v) is 16.9. The molecule has 0 radical (unpaired) electrons. The summed E-state index contributed by atoms with van der Waals surface area (Å²) in [6, 6.07) is 3.61. The van der Waals surface area contributed by atoms with Gasteiger partial charge in [-0.3, -0.25) is 0 Å². The smallest absolute Gasteiger partial charge is 0.357 e. The van der Waals surface area contributed by atoms with Crippen LogP contribution in [0.15, 0.2) is 47.2 Å². The summed E-state index contributed by atoms with van der Waals surface area (Å²) in [5, 5.41) is 0. The van der Waals surface area contributed by atoms with Crippen molar-refractivity contribution < 1.29 is 9.53 Å². The van der Waals surface area contributed by atoms with Crippen molar-refractivity contribution in [3.8, 4) is 0 Å². The number of ether oxygens (including phenoxy) is 1. The van der Waals surface area contributed by atoms with Gasteiger partial charge < -0.3 is 4.74 Å². The first-order chi connectivity index (χ1) is 12.2. The molecule has 0 N–H and O–H groups in total. The molecule has 1 aromatic rings. The molecular formula is C23H31NO2. The predicted octanol–water partition coefficient (Wildman–Crippen LogP) is 6.13. The molecule has 1 aliphatic carbocycles. The number of aromatic nitrogens is 1. The normalized spacial score (nSPS) is 17.9. The van der Waals surface area contributed by atoms with Gasteiger partial charge in [0.25, 0.3) is 0 Å². The summed E-state index contributed by atoms with van der Waals surface area (Å²) >= 11 is 0. The van der Waals surface area contributed by atoms with Crippen molar-refractivity contribution in [3.63, 3.8) is 0 Å². The highest BCUT2D eigenvalue weighted by Gasteiger charge is 2.26. The van der Waals surface area contributed by atoms with Crippen molar-refractivity contribution in [1.29, 1.82) is 0 Å². The highest BCUT2D eigenvalue weighted by Crippen LogP contribution is 2.40. The van der Waals surface area contributed by atoms with Crippen LogP contribution in [0.5, 0.6) is 0 Å². The van der Waals surface area contributed by atoms with Crippen molar-refractivity contribution >= 4 is 12.0 Å². The Morgan fingerprint density at radius 1 is 1.31 bits per heavy atom. The van der Waals surface area contributed by atoms with Crippen molar-refractivity contribution in [1.82, 2.24) is 4.98 Å². The van der Waals surface area contributed by atoms with Crippen LogP contribution in [0.1, 0.15) is 76.9 Å². The molecule has 0 aliphatic heterocycles. The second kappa shape index (κ2) is 8.48. The van der Waals surface area contributed by atoms with Crippen LogP contribution in [0.25, 0.3) is 6.08 Å². The summed E-state index contributed by atoms with van der Waals surface area (Å²) in [7, 11) is 0. The molecular weight excluding hydrogens is 322 g/mol. The summed E-state index contributed by atoms with van der Waals surface area (Å²) in [6.07, 6.45) is 11.8. The van der Waals surface area contributed by atoms with Crippen LogP contribution in [0.2, 0.25) is 0 Å². The zero-order valence-electron chi connectivity index (χ0n) is 16.9. The van der Waals surface area contributed by atoms with Gasteiger partial charge in [-0.2, -0.15) is 0 Å². The number of hydrogen-bond donors (Lipinski definition) is 0. The van der Waals surface area contributed by atoms with Crippen molar-refractivity contribution in [2.45, 2.75) is 66.9 Å². The van der Waals surface area contributed by atoms with E-state index in [1.54, 1.807) is 12.3 Å². The average molecular weight is 354 g/mol. The first-order valence-corrected chi connectivity index (χ1v) is 9.42. The second-order valence-electron chi connectivity index (χ2n) is 8.08. The first-order valence-electron chi connectivity index (χ1n) is 9.42. The van der Waals surface area contributed by atoms with Gasteiger partial charge in [0.05, 0.1) is 6.10 Å². The van der Waals surface area contributed by atoms with Gasteiger partial charge in [-0.05, 0) is 69.6 Å². The van der Waals surface area contributed by atoms with Gasteiger partial charge >= 0.3 is 5.97 Å². The molecule has 0 amide bonds. The Balaban J connectivity index is 2.11. The number of hydrogen-bond acceptors (Lipinski definition) is 3. The molecule has 0 spiro atoms. The molecule has 1 aliphatic rings. The van der Waals surface area contributed by atoms with Crippen molar-refractivity contribution in [3.05, 3.63) is 58.5 Å². The Hall–Kier alpha value is -2.16. The van der Waals surface area contributed by atoms with Crippen molar-refractivity contribution in [2.75, 3.05) is 0 Å². The largest absolute Gasteiger partial charge is 0.458 e. The fraction of sp³-hybridized carbons (Fsp3) is 0.478. The van der Waals surface area contributed by atoms with E-state index in [9.17, 15) is 4.79 Å². The van der Waals surface area contributed by atoms with Crippen LogP contribution in [-0.2, 0) is 4.74 Å². The third kappa shape index (κ3) is 5.42. The number of carbonyl (C=O) groups is 1. The molecule has 3 nitrogen and oxygen atoms in total. The van der Waals surface area contributed by atoms with E-state index in [1.165, 1.54) is 30.4 Å². The molecule has 2 rings (SSSR count). The lowest BCUT2D eigenvalue weighted by atomic mass is 9.72. The Morgan fingerprint density at radius 2 is 2.04 bits per heavy atom. The summed E-state index contributed by atoms with van der Waals surface area (Å²) in [5.41, 5.74) is 5.68. The first kappa shape index (κ1) is 20.2. The number of allylic oxidation sites excluding steroid dienone is 5. The minimum atomic E-state index is -0.380. The second-order valence-corrected chi connectivity index (χ2v) is 8.08. The Morgan fingerprint density at radius 3 is 2.62 bits per heavy atom. The van der Waals surface area contributed by atoms with Crippen LogP contribution < -0.4 is 0 Å². The van der Waals surface area contributed by atoms with Crippen LogP contribution >= 0.6 is 0 Å². The maximum Gasteiger partial charge on any atom is 0.357 e. The summed E-state index contributed by atoms with van der Waals surface area (Å²) in [4.78, 5) is 16.1. The van der Waals surface area contributed by atoms with E-state index in [4.69, 9.17) is 4.74 Å². The number of esters is 1. The summed E-state index contributed by atoms with van der Waals surface area (Å²) in [6.45, 7) is 12.6. The van der Waals surface area contributed by atoms with Crippen LogP contribution in [0, 0.1) is 5.41 Å². The molecule has 0 saturated carbocycles. The third-order valence-corrected chi connectivity index (χ3v) is 4.79. The lowest BCUT2D eigenvalue weighted by Gasteiger charge is -2.32. The van der Waals surface area contributed by atoms with Crippen molar-refractivity contribution in [2.24, 2.45) is 5.41 Å². The van der Waals surface area contributed by atoms with Gasteiger partial charge in [0, 0.05) is 6.20 Å². The summed E-state index contributed by atoms with van der Waals surface area (Å²) < 4.78 is 5.16. The third-order valence-electron chi connectivity index (χ3n) is 4.79. The molecule has 0 unspecified atom stereocenters. The van der Waals surface area contributed by atoms with E-state index >= 15 is 0 Å². The monoisotopic (exact) mass is 353 g/mol. The van der Waals surface area contributed by atoms with Crippen LogP contribution in [-0.4, -0.2) is 17.1 Å². The van der Waals surface area contributed by atoms with Crippen LogP contribution in [0.4, 0.5) is 0 Å². The van der Waals surface area contributed by atoms with E-state index in [0.29, 0.717) is 5.69 Å². The predicted molar refractivity (Wildman–Crippen MR) is 108 cm³/mol. The fourth-order valence-electron chi connectivity index (χ4n) is 3.42. The average Bonchev–Trinajstić information content (AvgIpc) is 2.53. The fourth-order valence-corrected chi connectivity index (χ4v) is 3.42. The Bertz CT molecular complexity index is 734. The van der Waals surface area contributed by atoms with Gasteiger partial charge in [-0.15, -0.1) is 0 Å². The number of rotatable bonds is 5. The van der Waals surface area contributed by atoms with Gasteiger partial charge in [-0.1, -0.05) is 49.3 Å². The Labute approximate surface area is 157 Å². The van der Waals surface area contributed by atoms with E-state index in [1.807, 2.05) is 19.9 Å². The van der Waals surface area contributed by atoms with E-state index in [-0.39, 0.29) is 17.5 Å². The highest BCUT2D eigenvalue weighted by molar-refractivity contribution is 5.87. The molecule has 0 fully saturated rings. The molecule has 26 heavy (non-hydrogen) atoms. The van der Waals surface area contributed by atoms with E-state index in [0.717, 1.165) is 11.1 Å². The summed E-state index contributed by atoms with van der Waals surface area (Å²) in [5.74, 6) is -0.380. The molecule has 1 heterocycles. The number of carbonyl (C=O) groups excluding carboxylic acids is 1. The molecule has 0 atom stereocenters. The lowest BCUT2D eigenvalue weighted by Crippen LogP contribution is -2.19. The molecule has 3 heteroatoms. The van der Waals surface area contributed by atoms with E-state index in [2.05, 4.69) is 50.9 Å². The SMILES string of the molecule is CC(C=CC1=C(C)CCCC1(C)C)=Cc1ccc(C(=O)OC(C)C)nc1. The minimum absolute atomic E-state index is 0.141. The highest BCUT2D eigenvalue weighted by atomic mass is 16.5. The van der Waals surface area contributed by atoms with Crippen LogP contribution in [0.3, 0.4) is 0 Å². The molecule has 0 saturated heterocycles.